The van der Waals surface area contributed by atoms with Gasteiger partial charge < -0.3 is 20.1 Å². The van der Waals surface area contributed by atoms with Gasteiger partial charge in [-0.05, 0) is 32.1 Å². The lowest BCUT2D eigenvalue weighted by molar-refractivity contribution is -0.151. The molecule has 5 nitrogen and oxygen atoms in total. The second-order valence-corrected chi connectivity index (χ2v) is 5.98. The summed E-state index contributed by atoms with van der Waals surface area (Å²) in [6.45, 7) is 6.17. The van der Waals surface area contributed by atoms with Crippen molar-refractivity contribution in [3.63, 3.8) is 0 Å². The van der Waals surface area contributed by atoms with Gasteiger partial charge in [-0.1, -0.05) is 6.92 Å². The average Bonchev–Trinajstić information content (AvgIpc) is 2.53. The first kappa shape index (κ1) is 15.7. The maximum Gasteiger partial charge on any atom is 0.230 e. The molecule has 116 valence electrons. The largest absolute Gasteiger partial charge is 0.381 e. The zero-order valence-electron chi connectivity index (χ0n) is 12.6. The molecule has 2 saturated heterocycles. The molecule has 0 aromatic rings. The summed E-state index contributed by atoms with van der Waals surface area (Å²) in [5.74, 6) is 0.216. The third kappa shape index (κ3) is 3.51. The zero-order valence-corrected chi connectivity index (χ0v) is 12.6. The van der Waals surface area contributed by atoms with Gasteiger partial charge >= 0.3 is 0 Å². The molecule has 5 heteroatoms. The Kier molecular flexibility index (Phi) is 5.81. The monoisotopic (exact) mass is 284 g/mol. The number of carbonyl (C=O) groups is 1. The Bertz CT molecular complexity index is 316. The molecule has 0 aliphatic carbocycles. The van der Waals surface area contributed by atoms with Crippen LogP contribution in [0.1, 0.15) is 39.0 Å². The Morgan fingerprint density at radius 3 is 2.85 bits per heavy atom. The molecule has 1 amide bonds. The van der Waals surface area contributed by atoms with Crippen LogP contribution < -0.4 is 5.73 Å². The van der Waals surface area contributed by atoms with Crippen molar-refractivity contribution in [2.45, 2.75) is 45.1 Å². The van der Waals surface area contributed by atoms with Crippen LogP contribution in [0.25, 0.3) is 0 Å². The fourth-order valence-corrected chi connectivity index (χ4v) is 3.15. The fraction of sp³-hybridized carbons (Fsp3) is 0.933. The summed E-state index contributed by atoms with van der Waals surface area (Å²) in [4.78, 5) is 14.8. The highest BCUT2D eigenvalue weighted by Gasteiger charge is 2.42. The summed E-state index contributed by atoms with van der Waals surface area (Å²) in [6, 6.07) is 0. The average molecular weight is 284 g/mol. The van der Waals surface area contributed by atoms with E-state index in [4.69, 9.17) is 15.2 Å². The predicted molar refractivity (Wildman–Crippen MR) is 77.4 cm³/mol. The van der Waals surface area contributed by atoms with Crippen molar-refractivity contribution in [2.24, 2.45) is 11.1 Å². The number of amides is 1. The Labute approximate surface area is 121 Å². The molecule has 2 heterocycles. The highest BCUT2D eigenvalue weighted by Crippen LogP contribution is 2.32. The van der Waals surface area contributed by atoms with Gasteiger partial charge in [-0.15, -0.1) is 0 Å². The topological polar surface area (TPSA) is 64.8 Å². The van der Waals surface area contributed by atoms with Gasteiger partial charge in [-0.25, -0.2) is 0 Å². The van der Waals surface area contributed by atoms with E-state index in [0.717, 1.165) is 51.8 Å². The van der Waals surface area contributed by atoms with Crippen LogP contribution in [0, 0.1) is 5.41 Å². The molecule has 0 spiro atoms. The van der Waals surface area contributed by atoms with Gasteiger partial charge in [0.1, 0.15) is 0 Å². The van der Waals surface area contributed by atoms with Crippen molar-refractivity contribution in [1.29, 1.82) is 0 Å². The Morgan fingerprint density at radius 2 is 2.20 bits per heavy atom. The number of ether oxygens (including phenoxy) is 2. The SMILES string of the molecule is CCCOC1CCCN(C(=O)C2(CN)CCOCC2)C1. The van der Waals surface area contributed by atoms with E-state index in [-0.39, 0.29) is 12.0 Å². The molecule has 2 aliphatic heterocycles. The van der Waals surface area contributed by atoms with Crippen LogP contribution in [0.4, 0.5) is 0 Å². The zero-order chi connectivity index (χ0) is 14.4. The molecule has 2 N–H and O–H groups in total. The van der Waals surface area contributed by atoms with E-state index in [1.165, 1.54) is 0 Å². The Hall–Kier alpha value is -0.650. The second-order valence-electron chi connectivity index (χ2n) is 5.98. The first-order chi connectivity index (χ1) is 9.72. The van der Waals surface area contributed by atoms with Crippen LogP contribution in [0.5, 0.6) is 0 Å². The van der Waals surface area contributed by atoms with Crippen molar-refractivity contribution in [3.8, 4) is 0 Å². The van der Waals surface area contributed by atoms with E-state index in [0.29, 0.717) is 19.8 Å². The lowest BCUT2D eigenvalue weighted by atomic mass is 9.78. The van der Waals surface area contributed by atoms with Crippen molar-refractivity contribution in [3.05, 3.63) is 0 Å². The predicted octanol–water partition coefficient (Wildman–Crippen LogP) is 1.16. The van der Waals surface area contributed by atoms with E-state index in [1.807, 2.05) is 4.90 Å². The molecular weight excluding hydrogens is 256 g/mol. The summed E-state index contributed by atoms with van der Waals surface area (Å²) in [5.41, 5.74) is 5.53. The van der Waals surface area contributed by atoms with Crippen LogP contribution in [0.3, 0.4) is 0 Å². The number of likely N-dealkylation sites (tertiary alicyclic amines) is 1. The maximum atomic E-state index is 12.9. The molecule has 0 bridgehead atoms. The van der Waals surface area contributed by atoms with Crippen LogP contribution in [0.2, 0.25) is 0 Å². The number of rotatable bonds is 5. The van der Waals surface area contributed by atoms with Crippen LogP contribution in [-0.4, -0.2) is 56.4 Å². The molecule has 0 aromatic heterocycles. The number of nitrogens with zero attached hydrogens (tertiary/aromatic N) is 1. The molecule has 2 aliphatic rings. The first-order valence-electron chi connectivity index (χ1n) is 7.90. The van der Waals surface area contributed by atoms with Gasteiger partial charge in [0.2, 0.25) is 5.91 Å². The van der Waals surface area contributed by atoms with Crippen LogP contribution in [0.15, 0.2) is 0 Å². The normalized spacial score (nSPS) is 26.5. The minimum Gasteiger partial charge on any atom is -0.381 e. The van der Waals surface area contributed by atoms with E-state index < -0.39 is 5.41 Å². The van der Waals surface area contributed by atoms with Crippen molar-refractivity contribution in [1.82, 2.24) is 4.90 Å². The molecular formula is C15H28N2O3. The van der Waals surface area contributed by atoms with Crippen molar-refractivity contribution < 1.29 is 14.3 Å². The molecule has 1 unspecified atom stereocenters. The number of hydrogen-bond acceptors (Lipinski definition) is 4. The lowest BCUT2D eigenvalue weighted by Crippen LogP contribution is -2.54. The standard InChI is InChI=1S/C15H28N2O3/c1-2-8-20-13-4-3-7-17(11-13)14(18)15(12-16)5-9-19-10-6-15/h13H,2-12,16H2,1H3. The number of hydrogen-bond donors (Lipinski definition) is 1. The third-order valence-corrected chi connectivity index (χ3v) is 4.52. The van der Waals surface area contributed by atoms with E-state index in [2.05, 4.69) is 6.92 Å². The Morgan fingerprint density at radius 1 is 1.45 bits per heavy atom. The summed E-state index contributed by atoms with van der Waals surface area (Å²) in [6.07, 6.45) is 4.80. The van der Waals surface area contributed by atoms with Gasteiger partial charge in [-0.3, -0.25) is 4.79 Å². The molecule has 0 aromatic carbocycles. The summed E-state index contributed by atoms with van der Waals surface area (Å²) >= 11 is 0. The van der Waals surface area contributed by atoms with Crippen LogP contribution in [-0.2, 0) is 14.3 Å². The highest BCUT2D eigenvalue weighted by atomic mass is 16.5. The molecule has 1 atom stereocenters. The van der Waals surface area contributed by atoms with Gasteiger partial charge in [-0.2, -0.15) is 0 Å². The molecule has 2 rings (SSSR count). The summed E-state index contributed by atoms with van der Waals surface area (Å²) in [7, 11) is 0. The molecule has 2 fully saturated rings. The van der Waals surface area contributed by atoms with E-state index in [1.54, 1.807) is 0 Å². The van der Waals surface area contributed by atoms with Gasteiger partial charge in [0.15, 0.2) is 0 Å². The second kappa shape index (κ2) is 7.38. The molecule has 0 saturated carbocycles. The van der Waals surface area contributed by atoms with Crippen molar-refractivity contribution in [2.75, 3.05) is 39.5 Å². The minimum absolute atomic E-state index is 0.197. The Balaban J connectivity index is 1.96. The summed E-state index contributed by atoms with van der Waals surface area (Å²) in [5, 5.41) is 0. The smallest absolute Gasteiger partial charge is 0.230 e. The van der Waals surface area contributed by atoms with Gasteiger partial charge in [0.05, 0.1) is 11.5 Å². The minimum atomic E-state index is -0.398. The number of piperidine rings is 1. The maximum absolute atomic E-state index is 12.9. The molecule has 0 radical (unpaired) electrons. The fourth-order valence-electron chi connectivity index (χ4n) is 3.15. The molecule has 20 heavy (non-hydrogen) atoms. The van der Waals surface area contributed by atoms with Crippen LogP contribution >= 0.6 is 0 Å². The summed E-state index contributed by atoms with van der Waals surface area (Å²) < 4.78 is 11.2. The van der Waals surface area contributed by atoms with Gasteiger partial charge in [0.25, 0.3) is 0 Å². The number of carbonyl (C=O) groups excluding carboxylic acids is 1. The van der Waals surface area contributed by atoms with E-state index >= 15 is 0 Å². The van der Waals surface area contributed by atoms with Crippen molar-refractivity contribution >= 4 is 5.91 Å². The third-order valence-electron chi connectivity index (χ3n) is 4.52. The quantitative estimate of drug-likeness (QED) is 0.823. The lowest BCUT2D eigenvalue weighted by Gasteiger charge is -2.41. The highest BCUT2D eigenvalue weighted by molar-refractivity contribution is 5.83. The first-order valence-corrected chi connectivity index (χ1v) is 7.90. The van der Waals surface area contributed by atoms with E-state index in [9.17, 15) is 4.79 Å². The van der Waals surface area contributed by atoms with Gasteiger partial charge in [0, 0.05) is 39.5 Å². The number of nitrogens with two attached hydrogens (primary N) is 1.